The van der Waals surface area contributed by atoms with E-state index < -0.39 is 10.0 Å². The van der Waals surface area contributed by atoms with E-state index in [9.17, 15) is 8.42 Å². The van der Waals surface area contributed by atoms with E-state index in [1.807, 2.05) is 18.2 Å². The second-order valence-corrected chi connectivity index (χ2v) is 11.0. The summed E-state index contributed by atoms with van der Waals surface area (Å²) in [6.07, 6.45) is 6.95. The number of hydrogen-bond donors (Lipinski definition) is 2. The van der Waals surface area contributed by atoms with Gasteiger partial charge in [-0.05, 0) is 55.7 Å². The summed E-state index contributed by atoms with van der Waals surface area (Å²) >= 11 is 0. The van der Waals surface area contributed by atoms with Crippen molar-refractivity contribution < 1.29 is 18.3 Å². The van der Waals surface area contributed by atoms with Gasteiger partial charge in [0.05, 0.1) is 25.1 Å². The van der Waals surface area contributed by atoms with E-state index in [-0.39, 0.29) is 30.4 Å². The predicted molar refractivity (Wildman–Crippen MR) is 130 cm³/mol. The summed E-state index contributed by atoms with van der Waals surface area (Å²) < 4.78 is 33.9. The Morgan fingerprint density at radius 1 is 1.03 bits per heavy atom. The first kappa shape index (κ1) is 24.1. The molecule has 1 aromatic carbocycles. The van der Waals surface area contributed by atoms with Crippen LogP contribution in [0.2, 0.25) is 0 Å². The first-order valence-corrected chi connectivity index (χ1v) is 13.6. The van der Waals surface area contributed by atoms with Crippen LogP contribution < -0.4 is 9.62 Å². The third-order valence-electron chi connectivity index (χ3n) is 6.89. The number of anilines is 1. The summed E-state index contributed by atoms with van der Waals surface area (Å²) in [6.45, 7) is 1.54. The molecule has 0 radical (unpaired) electrons. The van der Waals surface area contributed by atoms with E-state index >= 15 is 0 Å². The van der Waals surface area contributed by atoms with Gasteiger partial charge in [-0.25, -0.2) is 18.1 Å². The molecule has 0 bridgehead atoms. The second kappa shape index (κ2) is 11.4. The molecule has 0 amide bonds. The SMILES string of the molecule is O=S(=O)(CCO)NC1CCN(c2ccccn2)C[C@H]1COC1CCC(c2ccccc2)CC1. The lowest BCUT2D eigenvalue weighted by molar-refractivity contribution is -0.00215. The summed E-state index contributed by atoms with van der Waals surface area (Å²) in [4.78, 5) is 6.67. The lowest BCUT2D eigenvalue weighted by atomic mass is 9.82. The summed E-state index contributed by atoms with van der Waals surface area (Å²) in [7, 11) is -3.52. The number of aliphatic hydroxyl groups is 1. The number of hydrogen-bond acceptors (Lipinski definition) is 6. The Kier molecular flexibility index (Phi) is 8.35. The zero-order chi connectivity index (χ0) is 23.1. The highest BCUT2D eigenvalue weighted by Gasteiger charge is 2.34. The van der Waals surface area contributed by atoms with Crippen LogP contribution in [-0.2, 0) is 14.8 Å². The van der Waals surface area contributed by atoms with Crippen LogP contribution in [0.1, 0.15) is 43.6 Å². The van der Waals surface area contributed by atoms with Gasteiger partial charge >= 0.3 is 0 Å². The fraction of sp³-hybridized carbons (Fsp3) is 0.560. The number of nitrogens with zero attached hydrogens (tertiary/aromatic N) is 2. The topological polar surface area (TPSA) is 91.8 Å². The van der Waals surface area contributed by atoms with Crippen LogP contribution in [0, 0.1) is 5.92 Å². The van der Waals surface area contributed by atoms with Crippen molar-refractivity contribution in [1.29, 1.82) is 0 Å². The maximum absolute atomic E-state index is 12.3. The molecule has 4 rings (SSSR count). The van der Waals surface area contributed by atoms with E-state index in [4.69, 9.17) is 9.84 Å². The number of piperidine rings is 1. The molecule has 1 aromatic heterocycles. The summed E-state index contributed by atoms with van der Waals surface area (Å²) in [6, 6.07) is 16.3. The zero-order valence-corrected chi connectivity index (χ0v) is 19.9. The molecular weight excluding hydrogens is 438 g/mol. The first-order valence-electron chi connectivity index (χ1n) is 12.0. The Labute approximate surface area is 197 Å². The van der Waals surface area contributed by atoms with Crippen LogP contribution in [0.25, 0.3) is 0 Å². The number of aromatic nitrogens is 1. The Morgan fingerprint density at radius 3 is 2.48 bits per heavy atom. The molecule has 180 valence electrons. The summed E-state index contributed by atoms with van der Waals surface area (Å²) in [5.41, 5.74) is 1.41. The van der Waals surface area contributed by atoms with Gasteiger partial charge in [0.1, 0.15) is 5.82 Å². The molecule has 2 N–H and O–H groups in total. The van der Waals surface area contributed by atoms with E-state index in [1.54, 1.807) is 6.20 Å². The fourth-order valence-corrected chi connectivity index (χ4v) is 6.19. The minimum Gasteiger partial charge on any atom is -0.395 e. The third kappa shape index (κ3) is 6.76. The molecule has 2 fully saturated rings. The fourth-order valence-electron chi connectivity index (χ4n) is 5.06. The Balaban J connectivity index is 1.36. The van der Waals surface area contributed by atoms with Gasteiger partial charge in [-0.2, -0.15) is 0 Å². The highest BCUT2D eigenvalue weighted by molar-refractivity contribution is 7.89. The minimum absolute atomic E-state index is 0.0149. The molecule has 1 aliphatic heterocycles. The molecule has 1 saturated carbocycles. The molecule has 1 unspecified atom stereocenters. The Bertz CT molecular complexity index is 950. The molecule has 7 nitrogen and oxygen atoms in total. The highest BCUT2D eigenvalue weighted by atomic mass is 32.2. The van der Waals surface area contributed by atoms with Crippen LogP contribution in [0.15, 0.2) is 54.7 Å². The molecule has 8 heteroatoms. The number of aliphatic hydroxyl groups excluding tert-OH is 1. The number of pyridine rings is 1. The van der Waals surface area contributed by atoms with Crippen LogP contribution in [0.3, 0.4) is 0 Å². The van der Waals surface area contributed by atoms with Crippen LogP contribution in [0.4, 0.5) is 5.82 Å². The van der Waals surface area contributed by atoms with E-state index in [2.05, 4.69) is 44.9 Å². The number of nitrogens with one attached hydrogen (secondary N) is 1. The van der Waals surface area contributed by atoms with Crippen molar-refractivity contribution in [3.63, 3.8) is 0 Å². The third-order valence-corrected chi connectivity index (χ3v) is 8.27. The standard InChI is InChI=1S/C25H35N3O4S/c29-16-17-33(30,31)27-24-13-15-28(25-8-4-5-14-26-25)18-22(24)19-32-23-11-9-21(10-12-23)20-6-2-1-3-7-20/h1-8,14,21-24,27,29H,9-13,15-19H2/t21?,22-,23?,24?/m0/s1. The Hall–Kier alpha value is -2.00. The van der Waals surface area contributed by atoms with Gasteiger partial charge in [-0.3, -0.25) is 0 Å². The smallest absolute Gasteiger partial charge is 0.214 e. The summed E-state index contributed by atoms with van der Waals surface area (Å²) in [5, 5.41) is 9.10. The number of rotatable bonds is 9. The normalized spacial score (nSPS) is 26.3. The maximum Gasteiger partial charge on any atom is 0.214 e. The van der Waals surface area contributed by atoms with Gasteiger partial charge in [-0.15, -0.1) is 0 Å². The molecular formula is C25H35N3O4S. The lowest BCUT2D eigenvalue weighted by Gasteiger charge is -2.40. The van der Waals surface area contributed by atoms with E-state index in [0.29, 0.717) is 25.5 Å². The monoisotopic (exact) mass is 473 g/mol. The molecule has 2 aliphatic rings. The van der Waals surface area contributed by atoms with Gasteiger partial charge in [0.25, 0.3) is 0 Å². The number of sulfonamides is 1. The maximum atomic E-state index is 12.3. The number of ether oxygens (including phenoxy) is 1. The van der Waals surface area contributed by atoms with Gasteiger partial charge < -0.3 is 14.7 Å². The van der Waals surface area contributed by atoms with Gasteiger partial charge in [0.15, 0.2) is 0 Å². The molecule has 2 heterocycles. The number of benzene rings is 1. The van der Waals surface area contributed by atoms with Crippen LogP contribution in [0.5, 0.6) is 0 Å². The van der Waals surface area contributed by atoms with Crippen molar-refractivity contribution >= 4 is 15.8 Å². The predicted octanol–water partition coefficient (Wildman–Crippen LogP) is 2.93. The van der Waals surface area contributed by atoms with Crippen LogP contribution in [-0.4, -0.2) is 62.7 Å². The van der Waals surface area contributed by atoms with E-state index in [1.165, 1.54) is 5.56 Å². The summed E-state index contributed by atoms with van der Waals surface area (Å²) in [5.74, 6) is 1.24. The average Bonchev–Trinajstić information content (AvgIpc) is 2.84. The van der Waals surface area contributed by atoms with Crippen LogP contribution >= 0.6 is 0 Å². The quantitative estimate of drug-likeness (QED) is 0.582. The van der Waals surface area contributed by atoms with Crippen molar-refractivity contribution in [2.24, 2.45) is 5.92 Å². The van der Waals surface area contributed by atoms with Crippen molar-refractivity contribution in [2.45, 2.75) is 50.2 Å². The largest absolute Gasteiger partial charge is 0.395 e. The second-order valence-electron chi connectivity index (χ2n) is 9.17. The van der Waals surface area contributed by atoms with Crippen molar-refractivity contribution in [1.82, 2.24) is 9.71 Å². The van der Waals surface area contributed by atoms with Gasteiger partial charge in [-0.1, -0.05) is 36.4 Å². The molecule has 33 heavy (non-hydrogen) atoms. The minimum atomic E-state index is -3.52. The molecule has 2 atom stereocenters. The molecule has 2 aromatic rings. The van der Waals surface area contributed by atoms with Gasteiger partial charge in [0.2, 0.25) is 10.0 Å². The highest BCUT2D eigenvalue weighted by Crippen LogP contribution is 2.34. The first-order chi connectivity index (χ1) is 16.0. The molecule has 1 saturated heterocycles. The Morgan fingerprint density at radius 2 is 1.79 bits per heavy atom. The lowest BCUT2D eigenvalue weighted by Crippen LogP contribution is -2.53. The van der Waals surface area contributed by atoms with E-state index in [0.717, 1.165) is 38.0 Å². The zero-order valence-electron chi connectivity index (χ0n) is 19.1. The van der Waals surface area contributed by atoms with Gasteiger partial charge in [0, 0.05) is 31.2 Å². The van der Waals surface area contributed by atoms with Crippen molar-refractivity contribution in [3.05, 3.63) is 60.3 Å². The molecule has 1 aliphatic carbocycles. The molecule has 0 spiro atoms. The van der Waals surface area contributed by atoms with Crippen molar-refractivity contribution in [3.8, 4) is 0 Å². The average molecular weight is 474 g/mol. The van der Waals surface area contributed by atoms with Crippen molar-refractivity contribution in [2.75, 3.05) is 37.0 Å².